The molecule has 0 amide bonds. The van der Waals surface area contributed by atoms with Gasteiger partial charge in [-0.2, -0.15) is 13.2 Å². The number of carboxylic acid groups (broad SMARTS) is 1. The SMILES string of the molecule is CCCCCCCCN1C=CN(C)C1.O=C(O)C(F)(F)F. The molecule has 1 heterocycles. The molecule has 1 N–H and O–H groups in total. The zero-order valence-corrected chi connectivity index (χ0v) is 12.7. The van der Waals surface area contributed by atoms with Crippen LogP contribution in [0.15, 0.2) is 12.4 Å². The first kappa shape index (κ1) is 19.6. The van der Waals surface area contributed by atoms with E-state index in [4.69, 9.17) is 9.90 Å². The zero-order chi connectivity index (χ0) is 16.3. The Bertz CT molecular complexity index is 320. The van der Waals surface area contributed by atoms with Gasteiger partial charge in [-0.25, -0.2) is 4.79 Å². The van der Waals surface area contributed by atoms with Gasteiger partial charge < -0.3 is 14.9 Å². The maximum Gasteiger partial charge on any atom is 0.490 e. The molecule has 1 aliphatic heterocycles. The van der Waals surface area contributed by atoms with Gasteiger partial charge in [0.25, 0.3) is 0 Å². The Labute approximate surface area is 124 Å². The quantitative estimate of drug-likeness (QED) is 0.729. The average Bonchev–Trinajstić information content (AvgIpc) is 2.79. The predicted molar refractivity (Wildman–Crippen MR) is 75.5 cm³/mol. The Balaban J connectivity index is 0.000000486. The largest absolute Gasteiger partial charge is 0.490 e. The molecule has 124 valence electrons. The number of halogens is 3. The molecule has 0 spiro atoms. The molecule has 0 saturated carbocycles. The molecule has 0 aromatic rings. The minimum Gasteiger partial charge on any atom is -0.475 e. The van der Waals surface area contributed by atoms with E-state index < -0.39 is 12.1 Å². The van der Waals surface area contributed by atoms with Gasteiger partial charge in [-0.15, -0.1) is 0 Å². The molecular weight excluding hydrogens is 285 g/mol. The average molecular weight is 310 g/mol. The lowest BCUT2D eigenvalue weighted by molar-refractivity contribution is -0.192. The van der Waals surface area contributed by atoms with Gasteiger partial charge in [-0.3, -0.25) is 0 Å². The summed E-state index contributed by atoms with van der Waals surface area (Å²) in [6, 6.07) is 0. The van der Waals surface area contributed by atoms with Crippen LogP contribution in [-0.4, -0.2) is 47.3 Å². The van der Waals surface area contributed by atoms with E-state index in [0.29, 0.717) is 0 Å². The third kappa shape index (κ3) is 11.0. The lowest BCUT2D eigenvalue weighted by Crippen LogP contribution is -2.23. The summed E-state index contributed by atoms with van der Waals surface area (Å²) in [4.78, 5) is 13.5. The van der Waals surface area contributed by atoms with Crippen molar-refractivity contribution < 1.29 is 23.1 Å². The second kappa shape index (κ2) is 10.3. The van der Waals surface area contributed by atoms with Crippen molar-refractivity contribution in [1.29, 1.82) is 0 Å². The van der Waals surface area contributed by atoms with Crippen molar-refractivity contribution in [2.45, 2.75) is 51.6 Å². The van der Waals surface area contributed by atoms with Gasteiger partial charge in [0.05, 0.1) is 6.67 Å². The van der Waals surface area contributed by atoms with E-state index in [1.807, 2.05) is 0 Å². The molecule has 0 saturated heterocycles. The maximum absolute atomic E-state index is 10.6. The van der Waals surface area contributed by atoms with E-state index in [1.54, 1.807) is 0 Å². The molecule has 0 aromatic heterocycles. The number of aliphatic carboxylic acids is 1. The molecule has 0 unspecified atom stereocenters. The van der Waals surface area contributed by atoms with Crippen LogP contribution in [0.5, 0.6) is 0 Å². The second-order valence-electron chi connectivity index (χ2n) is 5.08. The van der Waals surface area contributed by atoms with Crippen LogP contribution in [0.3, 0.4) is 0 Å². The molecule has 0 aliphatic carbocycles. The summed E-state index contributed by atoms with van der Waals surface area (Å²) in [5, 5.41) is 7.12. The third-order valence-corrected chi connectivity index (χ3v) is 2.98. The van der Waals surface area contributed by atoms with Gasteiger partial charge in [0.15, 0.2) is 0 Å². The van der Waals surface area contributed by atoms with E-state index in [2.05, 4.69) is 36.2 Å². The molecule has 7 heteroatoms. The summed E-state index contributed by atoms with van der Waals surface area (Å²) in [7, 11) is 2.12. The van der Waals surface area contributed by atoms with Crippen molar-refractivity contribution >= 4 is 5.97 Å². The molecule has 21 heavy (non-hydrogen) atoms. The van der Waals surface area contributed by atoms with E-state index in [9.17, 15) is 13.2 Å². The molecule has 1 aliphatic rings. The molecule has 0 aromatic carbocycles. The Hall–Kier alpha value is -1.40. The van der Waals surface area contributed by atoms with Crippen LogP contribution in [0.1, 0.15) is 45.4 Å². The topological polar surface area (TPSA) is 43.8 Å². The standard InChI is InChI=1S/C12H24N2.C2HF3O2/c1-3-4-5-6-7-8-9-14-11-10-13(2)12-14;3-2(4,5)1(6)7/h10-11H,3-9,12H2,1-2H3;(H,6,7). The van der Waals surface area contributed by atoms with Crippen molar-refractivity contribution in [2.24, 2.45) is 0 Å². The normalized spacial score (nSPS) is 14.1. The molecule has 0 fully saturated rings. The summed E-state index contributed by atoms with van der Waals surface area (Å²) < 4.78 is 31.7. The van der Waals surface area contributed by atoms with Crippen LogP contribution >= 0.6 is 0 Å². The van der Waals surface area contributed by atoms with Gasteiger partial charge in [-0.1, -0.05) is 39.0 Å². The van der Waals surface area contributed by atoms with Crippen molar-refractivity contribution in [3.8, 4) is 0 Å². The summed E-state index contributed by atoms with van der Waals surface area (Å²) in [6.45, 7) is 4.58. The fraction of sp³-hybridized carbons (Fsp3) is 0.786. The van der Waals surface area contributed by atoms with Gasteiger partial charge >= 0.3 is 12.1 Å². The smallest absolute Gasteiger partial charge is 0.475 e. The minimum absolute atomic E-state index is 1.08. The summed E-state index contributed by atoms with van der Waals surface area (Å²) in [5.74, 6) is -2.76. The van der Waals surface area contributed by atoms with Gasteiger partial charge in [0.1, 0.15) is 0 Å². The van der Waals surface area contributed by atoms with Crippen LogP contribution in [0.2, 0.25) is 0 Å². The Kier molecular flexibility index (Phi) is 9.65. The molecule has 0 atom stereocenters. The van der Waals surface area contributed by atoms with Gasteiger partial charge in [0, 0.05) is 26.0 Å². The highest BCUT2D eigenvalue weighted by Gasteiger charge is 2.38. The summed E-state index contributed by atoms with van der Waals surface area (Å²) >= 11 is 0. The fourth-order valence-corrected chi connectivity index (χ4v) is 1.83. The van der Waals surface area contributed by atoms with Gasteiger partial charge in [-0.05, 0) is 6.42 Å². The molecule has 4 nitrogen and oxygen atoms in total. The van der Waals surface area contributed by atoms with Crippen molar-refractivity contribution in [3.05, 3.63) is 12.4 Å². The van der Waals surface area contributed by atoms with E-state index >= 15 is 0 Å². The van der Waals surface area contributed by atoms with Crippen LogP contribution < -0.4 is 0 Å². The summed E-state index contributed by atoms with van der Waals surface area (Å²) in [5.41, 5.74) is 0. The maximum atomic E-state index is 10.6. The summed E-state index contributed by atoms with van der Waals surface area (Å²) in [6.07, 6.45) is 7.61. The first-order chi connectivity index (χ1) is 9.77. The number of carboxylic acids is 1. The van der Waals surface area contributed by atoms with Crippen LogP contribution in [-0.2, 0) is 4.79 Å². The van der Waals surface area contributed by atoms with Crippen molar-refractivity contribution in [1.82, 2.24) is 9.80 Å². The monoisotopic (exact) mass is 310 g/mol. The highest BCUT2D eigenvalue weighted by molar-refractivity contribution is 5.73. The van der Waals surface area contributed by atoms with E-state index in [1.165, 1.54) is 45.1 Å². The van der Waals surface area contributed by atoms with E-state index in [-0.39, 0.29) is 0 Å². The van der Waals surface area contributed by atoms with Crippen molar-refractivity contribution in [3.63, 3.8) is 0 Å². The number of alkyl halides is 3. The highest BCUT2D eigenvalue weighted by atomic mass is 19.4. The number of nitrogens with zero attached hydrogens (tertiary/aromatic N) is 2. The Morgan fingerprint density at radius 1 is 1.14 bits per heavy atom. The Morgan fingerprint density at radius 2 is 1.67 bits per heavy atom. The fourth-order valence-electron chi connectivity index (χ4n) is 1.83. The number of unbranched alkanes of at least 4 members (excludes halogenated alkanes) is 5. The molecular formula is C14H25F3N2O2. The number of hydrogen-bond donors (Lipinski definition) is 1. The first-order valence-electron chi connectivity index (χ1n) is 7.20. The second-order valence-corrected chi connectivity index (χ2v) is 5.08. The van der Waals surface area contributed by atoms with E-state index in [0.717, 1.165) is 6.67 Å². The van der Waals surface area contributed by atoms with Crippen LogP contribution in [0, 0.1) is 0 Å². The predicted octanol–water partition coefficient (Wildman–Crippen LogP) is 3.66. The third-order valence-electron chi connectivity index (χ3n) is 2.98. The van der Waals surface area contributed by atoms with Crippen molar-refractivity contribution in [2.75, 3.05) is 20.3 Å². The minimum atomic E-state index is -5.08. The molecule has 1 rings (SSSR count). The zero-order valence-electron chi connectivity index (χ0n) is 12.7. The molecule has 0 radical (unpaired) electrons. The lowest BCUT2D eigenvalue weighted by atomic mass is 10.1. The van der Waals surface area contributed by atoms with Gasteiger partial charge in [0.2, 0.25) is 0 Å². The van der Waals surface area contributed by atoms with Crippen LogP contribution in [0.4, 0.5) is 13.2 Å². The Morgan fingerprint density at radius 3 is 2.10 bits per heavy atom. The first-order valence-corrected chi connectivity index (χ1v) is 7.20. The number of carbonyl (C=O) groups is 1. The number of rotatable bonds is 7. The molecule has 0 bridgehead atoms. The highest BCUT2D eigenvalue weighted by Crippen LogP contribution is 2.13. The number of hydrogen-bond acceptors (Lipinski definition) is 3. The van der Waals surface area contributed by atoms with Crippen LogP contribution in [0.25, 0.3) is 0 Å². The lowest BCUT2D eigenvalue weighted by Gasteiger charge is -2.17.